The van der Waals surface area contributed by atoms with Crippen molar-refractivity contribution < 1.29 is 28.2 Å². The molecule has 4 rings (SSSR count). The fourth-order valence-electron chi connectivity index (χ4n) is 3.19. The molecule has 2 aliphatic heterocycles. The number of carbonyl (C=O) groups is 2. The van der Waals surface area contributed by atoms with Crippen molar-refractivity contribution in [1.82, 2.24) is 4.90 Å². The minimum atomic E-state index is -0.586. The summed E-state index contributed by atoms with van der Waals surface area (Å²) in [6, 6.07) is 11.0. The van der Waals surface area contributed by atoms with Crippen molar-refractivity contribution in [1.29, 1.82) is 0 Å². The summed E-state index contributed by atoms with van der Waals surface area (Å²) in [7, 11) is 0. The fourth-order valence-corrected chi connectivity index (χ4v) is 3.19. The molecule has 1 saturated heterocycles. The number of halogens is 1. The number of hydrogen-bond acceptors (Lipinski definition) is 6. The number of ether oxygens (including phenoxy) is 3. The Bertz CT molecular complexity index is 879. The Kier molecular flexibility index (Phi) is 5.01. The highest BCUT2D eigenvalue weighted by molar-refractivity contribution is 5.92. The van der Waals surface area contributed by atoms with Crippen LogP contribution in [0, 0.1) is 5.82 Å². The standard InChI is InChI=1S/C20H19FN2O5/c21-15-2-4-16(5-3-15)22-7-9-23(10-8-22)19(24)12-26-20(25)14-1-6-17-18(11-14)28-13-27-17/h1-6,11H,7-10,12-13H2. The van der Waals surface area contributed by atoms with E-state index in [0.717, 1.165) is 5.69 Å². The molecule has 0 aliphatic carbocycles. The molecule has 2 aromatic rings. The highest BCUT2D eigenvalue weighted by Crippen LogP contribution is 2.32. The van der Waals surface area contributed by atoms with Gasteiger partial charge in [-0.25, -0.2) is 9.18 Å². The highest BCUT2D eigenvalue weighted by Gasteiger charge is 2.23. The van der Waals surface area contributed by atoms with E-state index in [0.29, 0.717) is 43.2 Å². The van der Waals surface area contributed by atoms with Crippen LogP contribution in [0.25, 0.3) is 0 Å². The van der Waals surface area contributed by atoms with E-state index in [2.05, 4.69) is 4.90 Å². The summed E-state index contributed by atoms with van der Waals surface area (Å²) in [6.07, 6.45) is 0. The number of anilines is 1. The fraction of sp³-hybridized carbons (Fsp3) is 0.300. The smallest absolute Gasteiger partial charge is 0.338 e. The number of rotatable bonds is 4. The predicted molar refractivity (Wildman–Crippen MR) is 98.0 cm³/mol. The van der Waals surface area contributed by atoms with Gasteiger partial charge in [0.1, 0.15) is 5.82 Å². The summed E-state index contributed by atoms with van der Waals surface area (Å²) in [4.78, 5) is 28.3. The Hall–Kier alpha value is -3.29. The first kappa shape index (κ1) is 18.1. The molecule has 0 spiro atoms. The molecule has 0 radical (unpaired) electrons. The van der Waals surface area contributed by atoms with Crippen molar-refractivity contribution in [2.24, 2.45) is 0 Å². The highest BCUT2D eigenvalue weighted by atomic mass is 19.1. The largest absolute Gasteiger partial charge is 0.454 e. The second kappa shape index (κ2) is 7.75. The first-order chi connectivity index (χ1) is 13.6. The maximum absolute atomic E-state index is 13.0. The Morgan fingerprint density at radius 3 is 2.43 bits per heavy atom. The van der Waals surface area contributed by atoms with Crippen LogP contribution in [0.4, 0.5) is 10.1 Å². The predicted octanol–water partition coefficient (Wildman–Crippen LogP) is 2.06. The summed E-state index contributed by atoms with van der Waals surface area (Å²) >= 11 is 0. The molecular weight excluding hydrogens is 367 g/mol. The van der Waals surface area contributed by atoms with Crippen LogP contribution in [0.1, 0.15) is 10.4 Å². The van der Waals surface area contributed by atoms with Gasteiger partial charge in [-0.3, -0.25) is 4.79 Å². The van der Waals surface area contributed by atoms with E-state index in [-0.39, 0.29) is 25.1 Å². The van der Waals surface area contributed by atoms with E-state index < -0.39 is 5.97 Å². The number of piperazine rings is 1. The number of amides is 1. The van der Waals surface area contributed by atoms with E-state index in [1.54, 1.807) is 29.2 Å². The minimum Gasteiger partial charge on any atom is -0.454 e. The molecule has 0 aromatic heterocycles. The van der Waals surface area contributed by atoms with Crippen LogP contribution in [0.15, 0.2) is 42.5 Å². The third-order valence-corrected chi connectivity index (χ3v) is 4.76. The zero-order valence-corrected chi connectivity index (χ0v) is 15.1. The number of esters is 1. The second-order valence-corrected chi connectivity index (χ2v) is 6.49. The zero-order chi connectivity index (χ0) is 19.5. The maximum Gasteiger partial charge on any atom is 0.338 e. The molecule has 0 saturated carbocycles. The van der Waals surface area contributed by atoms with Gasteiger partial charge in [-0.15, -0.1) is 0 Å². The molecule has 1 amide bonds. The second-order valence-electron chi connectivity index (χ2n) is 6.49. The van der Waals surface area contributed by atoms with Crippen molar-refractivity contribution in [3.63, 3.8) is 0 Å². The number of carbonyl (C=O) groups excluding carboxylic acids is 2. The lowest BCUT2D eigenvalue weighted by atomic mass is 10.2. The average Bonchev–Trinajstić information content (AvgIpc) is 3.20. The molecule has 1 fully saturated rings. The van der Waals surface area contributed by atoms with Crippen LogP contribution in [0.2, 0.25) is 0 Å². The number of benzene rings is 2. The van der Waals surface area contributed by atoms with Gasteiger partial charge in [0.2, 0.25) is 6.79 Å². The molecule has 0 unspecified atom stereocenters. The van der Waals surface area contributed by atoms with Crippen LogP contribution in [0.3, 0.4) is 0 Å². The van der Waals surface area contributed by atoms with Gasteiger partial charge in [-0.1, -0.05) is 0 Å². The molecule has 2 aromatic carbocycles. The Labute approximate surface area is 161 Å². The van der Waals surface area contributed by atoms with Crippen molar-refractivity contribution in [2.75, 3.05) is 44.5 Å². The normalized spacial score (nSPS) is 15.5. The number of fused-ring (bicyclic) bond motifs is 1. The van der Waals surface area contributed by atoms with Gasteiger partial charge in [0.15, 0.2) is 18.1 Å². The summed E-state index contributed by atoms with van der Waals surface area (Å²) in [5, 5.41) is 0. The summed E-state index contributed by atoms with van der Waals surface area (Å²) < 4.78 is 28.6. The van der Waals surface area contributed by atoms with E-state index in [9.17, 15) is 14.0 Å². The lowest BCUT2D eigenvalue weighted by Gasteiger charge is -2.36. The van der Waals surface area contributed by atoms with Gasteiger partial charge in [0.05, 0.1) is 5.56 Å². The van der Waals surface area contributed by atoms with E-state index in [4.69, 9.17) is 14.2 Å². The average molecular weight is 386 g/mol. The first-order valence-electron chi connectivity index (χ1n) is 8.95. The lowest BCUT2D eigenvalue weighted by Crippen LogP contribution is -2.49. The maximum atomic E-state index is 13.0. The van der Waals surface area contributed by atoms with Gasteiger partial charge in [0.25, 0.3) is 5.91 Å². The van der Waals surface area contributed by atoms with Crippen LogP contribution in [0.5, 0.6) is 11.5 Å². The van der Waals surface area contributed by atoms with E-state index in [1.165, 1.54) is 18.2 Å². The Morgan fingerprint density at radius 2 is 1.68 bits per heavy atom. The lowest BCUT2D eigenvalue weighted by molar-refractivity contribution is -0.134. The molecule has 8 heteroatoms. The summed E-state index contributed by atoms with van der Waals surface area (Å²) in [6.45, 7) is 2.09. The van der Waals surface area contributed by atoms with E-state index >= 15 is 0 Å². The zero-order valence-electron chi connectivity index (χ0n) is 15.1. The van der Waals surface area contributed by atoms with Gasteiger partial charge in [-0.05, 0) is 42.5 Å². The van der Waals surface area contributed by atoms with Crippen LogP contribution < -0.4 is 14.4 Å². The number of nitrogens with zero attached hydrogens (tertiary/aromatic N) is 2. The molecule has 0 atom stereocenters. The number of hydrogen-bond donors (Lipinski definition) is 0. The van der Waals surface area contributed by atoms with Crippen molar-refractivity contribution in [3.8, 4) is 11.5 Å². The molecule has 0 N–H and O–H groups in total. The Morgan fingerprint density at radius 1 is 0.964 bits per heavy atom. The molecule has 2 heterocycles. The van der Waals surface area contributed by atoms with Crippen molar-refractivity contribution in [2.45, 2.75) is 0 Å². The van der Waals surface area contributed by atoms with Crippen LogP contribution in [-0.4, -0.2) is 56.4 Å². The van der Waals surface area contributed by atoms with Gasteiger partial charge in [0, 0.05) is 31.9 Å². The molecule has 0 bridgehead atoms. The van der Waals surface area contributed by atoms with Crippen molar-refractivity contribution >= 4 is 17.6 Å². The summed E-state index contributed by atoms with van der Waals surface area (Å²) in [5.41, 5.74) is 1.22. The first-order valence-corrected chi connectivity index (χ1v) is 8.95. The van der Waals surface area contributed by atoms with Crippen molar-refractivity contribution in [3.05, 3.63) is 53.8 Å². The SMILES string of the molecule is O=C(OCC(=O)N1CCN(c2ccc(F)cc2)CC1)c1ccc2c(c1)OCO2. The third-order valence-electron chi connectivity index (χ3n) is 4.76. The third kappa shape index (κ3) is 3.85. The van der Waals surface area contributed by atoms with Gasteiger partial charge >= 0.3 is 5.97 Å². The quantitative estimate of drug-likeness (QED) is 0.750. The Balaban J connectivity index is 1.26. The summed E-state index contributed by atoms with van der Waals surface area (Å²) in [5.74, 6) is -0.0457. The molecular formula is C20H19FN2O5. The molecule has 28 heavy (non-hydrogen) atoms. The van der Waals surface area contributed by atoms with E-state index in [1.807, 2.05) is 0 Å². The van der Waals surface area contributed by atoms with Gasteiger partial charge < -0.3 is 24.0 Å². The van der Waals surface area contributed by atoms with Crippen LogP contribution >= 0.6 is 0 Å². The minimum absolute atomic E-state index is 0.121. The topological polar surface area (TPSA) is 68.3 Å². The van der Waals surface area contributed by atoms with Gasteiger partial charge in [-0.2, -0.15) is 0 Å². The molecule has 2 aliphatic rings. The van der Waals surface area contributed by atoms with Crippen LogP contribution in [-0.2, 0) is 9.53 Å². The molecule has 146 valence electrons. The monoisotopic (exact) mass is 386 g/mol. The molecule has 7 nitrogen and oxygen atoms in total.